The highest BCUT2D eigenvalue weighted by molar-refractivity contribution is 6.24. The second-order valence-corrected chi connectivity index (χ2v) is 11.1. The van der Waals surface area contributed by atoms with E-state index in [0.29, 0.717) is 17.0 Å². The maximum Gasteiger partial charge on any atom is 0.258 e. The van der Waals surface area contributed by atoms with E-state index in [1.165, 1.54) is 11.1 Å². The summed E-state index contributed by atoms with van der Waals surface area (Å²) in [5.41, 5.74) is 7.44. The fraction of sp³-hybridized carbons (Fsp3) is 0.132. The number of benzene rings is 5. The molecule has 1 heterocycles. The Balaban J connectivity index is 1.29. The Morgan fingerprint density at radius 2 is 1.30 bits per heavy atom. The highest BCUT2D eigenvalue weighted by atomic mass is 16.2. The number of anilines is 2. The van der Waals surface area contributed by atoms with Crippen LogP contribution in [-0.2, 0) is 17.9 Å². The van der Waals surface area contributed by atoms with Crippen LogP contribution in [0.25, 0.3) is 0 Å². The Kier molecular flexibility index (Phi) is 8.43. The van der Waals surface area contributed by atoms with Crippen LogP contribution in [0.5, 0.6) is 0 Å². The predicted octanol–water partition coefficient (Wildman–Crippen LogP) is 7.45. The minimum atomic E-state index is -0.668. The molecule has 6 heteroatoms. The second-order valence-electron chi connectivity index (χ2n) is 11.1. The summed E-state index contributed by atoms with van der Waals surface area (Å²) in [6, 6.07) is 43.3. The van der Waals surface area contributed by atoms with Crippen molar-refractivity contribution in [1.82, 2.24) is 4.90 Å². The van der Waals surface area contributed by atoms with Crippen molar-refractivity contribution in [1.29, 1.82) is 0 Å². The molecular formula is C38H34N4O2. The molecule has 0 aromatic heterocycles. The first-order valence-corrected chi connectivity index (χ1v) is 14.7. The normalized spacial score (nSPS) is 14.3. The second kappa shape index (κ2) is 12.9. The highest BCUT2D eigenvalue weighted by Crippen LogP contribution is 2.37. The maximum absolute atomic E-state index is 13.5. The van der Waals surface area contributed by atoms with Crippen molar-refractivity contribution in [2.24, 2.45) is 4.99 Å². The number of carbonyl (C=O) groups excluding carboxylic acids is 2. The van der Waals surface area contributed by atoms with Crippen molar-refractivity contribution in [2.75, 3.05) is 24.3 Å². The number of aliphatic imine (C=N–C) groups is 1. The largest absolute Gasteiger partial charge is 0.325 e. The van der Waals surface area contributed by atoms with Gasteiger partial charge in [0.15, 0.2) is 0 Å². The van der Waals surface area contributed by atoms with Crippen molar-refractivity contribution in [3.63, 3.8) is 0 Å². The summed E-state index contributed by atoms with van der Waals surface area (Å²) in [6.07, 6.45) is 0. The van der Waals surface area contributed by atoms with Crippen LogP contribution in [0, 0.1) is 0 Å². The van der Waals surface area contributed by atoms with E-state index in [-0.39, 0.29) is 11.8 Å². The van der Waals surface area contributed by atoms with Crippen LogP contribution in [0.1, 0.15) is 38.5 Å². The van der Waals surface area contributed by atoms with Gasteiger partial charge in [0.1, 0.15) is 5.92 Å². The molecule has 1 atom stereocenters. The van der Waals surface area contributed by atoms with Crippen molar-refractivity contribution < 1.29 is 9.59 Å². The highest BCUT2D eigenvalue weighted by Gasteiger charge is 2.36. The molecule has 6 nitrogen and oxygen atoms in total. The van der Waals surface area contributed by atoms with Crippen LogP contribution in [0.4, 0.5) is 17.1 Å². The van der Waals surface area contributed by atoms with E-state index in [9.17, 15) is 9.59 Å². The van der Waals surface area contributed by atoms with Gasteiger partial charge in [-0.05, 0) is 71.8 Å². The minimum Gasteiger partial charge on any atom is -0.325 e. The zero-order valence-corrected chi connectivity index (χ0v) is 24.9. The number of carbonyl (C=O) groups is 2. The molecule has 1 aliphatic rings. The lowest BCUT2D eigenvalue weighted by atomic mass is 9.89. The molecule has 5 aromatic rings. The van der Waals surface area contributed by atoms with E-state index < -0.39 is 5.92 Å². The van der Waals surface area contributed by atoms with Gasteiger partial charge in [0.2, 0.25) is 5.91 Å². The Morgan fingerprint density at radius 1 is 0.705 bits per heavy atom. The SMILES string of the molecule is CN(Cc1ccccc1)Cc1ccc(N=C(c2ccccc2)C2C(=O)Nc3ccc(C(=O)N(C)c4ccccc4)cc32)cc1. The van der Waals surface area contributed by atoms with Gasteiger partial charge in [0, 0.05) is 37.1 Å². The molecule has 0 spiro atoms. The molecule has 0 saturated carbocycles. The molecule has 1 N–H and O–H groups in total. The van der Waals surface area contributed by atoms with Gasteiger partial charge in [-0.1, -0.05) is 91.0 Å². The Morgan fingerprint density at radius 3 is 1.95 bits per heavy atom. The first kappa shape index (κ1) is 28.8. The van der Waals surface area contributed by atoms with Crippen molar-refractivity contribution in [2.45, 2.75) is 19.0 Å². The lowest BCUT2D eigenvalue weighted by molar-refractivity contribution is -0.115. The van der Waals surface area contributed by atoms with Crippen LogP contribution in [0.15, 0.2) is 138 Å². The molecule has 1 aliphatic heterocycles. The molecule has 218 valence electrons. The molecule has 1 unspecified atom stereocenters. The lowest BCUT2D eigenvalue weighted by Crippen LogP contribution is -2.26. The number of amides is 2. The third-order valence-corrected chi connectivity index (χ3v) is 7.85. The third-order valence-electron chi connectivity index (χ3n) is 7.85. The van der Waals surface area contributed by atoms with Crippen molar-refractivity contribution >= 4 is 34.6 Å². The monoisotopic (exact) mass is 578 g/mol. The molecule has 44 heavy (non-hydrogen) atoms. The van der Waals surface area contributed by atoms with Crippen LogP contribution in [0.3, 0.4) is 0 Å². The van der Waals surface area contributed by atoms with Gasteiger partial charge < -0.3 is 10.2 Å². The number of nitrogens with zero attached hydrogens (tertiary/aromatic N) is 3. The van der Waals surface area contributed by atoms with Crippen molar-refractivity contribution in [3.8, 4) is 0 Å². The summed E-state index contributed by atoms with van der Waals surface area (Å²) in [7, 11) is 3.87. The van der Waals surface area contributed by atoms with E-state index in [4.69, 9.17) is 4.99 Å². The van der Waals surface area contributed by atoms with E-state index in [1.807, 2.05) is 91.0 Å². The molecule has 5 aromatic carbocycles. The summed E-state index contributed by atoms with van der Waals surface area (Å²) in [4.78, 5) is 35.9. The van der Waals surface area contributed by atoms with Gasteiger partial charge in [0.25, 0.3) is 5.91 Å². The Bertz CT molecular complexity index is 1790. The zero-order chi connectivity index (χ0) is 30.5. The average molecular weight is 579 g/mol. The van der Waals surface area contributed by atoms with E-state index in [0.717, 1.165) is 35.6 Å². The standard InChI is InChI=1S/C38H34N4O2/c1-41(25-27-12-6-3-7-13-27)26-28-18-21-31(22-19-28)39-36(29-14-8-4-9-15-29)35-33-24-30(20-23-34(33)40-37(35)43)38(44)42(2)32-16-10-5-11-17-32/h3-24,35H,25-26H2,1-2H3,(H,40,43). The van der Waals surface area contributed by atoms with E-state index >= 15 is 0 Å². The van der Waals surface area contributed by atoms with Crippen LogP contribution < -0.4 is 10.2 Å². The molecule has 6 rings (SSSR count). The van der Waals surface area contributed by atoms with Gasteiger partial charge in [-0.3, -0.25) is 19.5 Å². The van der Waals surface area contributed by atoms with Crippen LogP contribution >= 0.6 is 0 Å². The molecule has 0 aliphatic carbocycles. The zero-order valence-electron chi connectivity index (χ0n) is 24.9. The Labute approximate surface area is 258 Å². The predicted molar refractivity (Wildman–Crippen MR) is 178 cm³/mol. The number of hydrogen-bond donors (Lipinski definition) is 1. The lowest BCUT2D eigenvalue weighted by Gasteiger charge is -2.19. The summed E-state index contributed by atoms with van der Waals surface area (Å²) in [5, 5.41) is 3.01. The maximum atomic E-state index is 13.5. The van der Waals surface area contributed by atoms with Gasteiger partial charge in [-0.15, -0.1) is 0 Å². The summed E-state index contributed by atoms with van der Waals surface area (Å²) in [6.45, 7) is 1.66. The topological polar surface area (TPSA) is 65.0 Å². The molecular weight excluding hydrogens is 544 g/mol. The minimum absolute atomic E-state index is 0.150. The fourth-order valence-electron chi connectivity index (χ4n) is 5.61. The third kappa shape index (κ3) is 6.36. The van der Waals surface area contributed by atoms with Gasteiger partial charge >= 0.3 is 0 Å². The number of nitrogens with one attached hydrogen (secondary N) is 1. The molecule has 0 fully saturated rings. The first-order valence-electron chi connectivity index (χ1n) is 14.7. The summed E-state index contributed by atoms with van der Waals surface area (Å²) in [5.74, 6) is -0.982. The van der Waals surface area contributed by atoms with Gasteiger partial charge in [0.05, 0.1) is 11.4 Å². The van der Waals surface area contributed by atoms with Gasteiger partial charge in [-0.2, -0.15) is 0 Å². The quantitative estimate of drug-likeness (QED) is 0.185. The van der Waals surface area contributed by atoms with Gasteiger partial charge in [-0.25, -0.2) is 0 Å². The average Bonchev–Trinajstić information content (AvgIpc) is 3.39. The van der Waals surface area contributed by atoms with Crippen LogP contribution in [-0.4, -0.2) is 36.5 Å². The number of para-hydroxylation sites is 1. The number of hydrogen-bond acceptors (Lipinski definition) is 4. The molecule has 2 amide bonds. The van der Waals surface area contributed by atoms with E-state index in [1.54, 1.807) is 18.0 Å². The number of fused-ring (bicyclic) bond motifs is 1. The number of rotatable bonds is 9. The summed E-state index contributed by atoms with van der Waals surface area (Å²) >= 11 is 0. The molecule has 0 saturated heterocycles. The smallest absolute Gasteiger partial charge is 0.258 e. The van der Waals surface area contributed by atoms with E-state index in [2.05, 4.69) is 53.7 Å². The van der Waals surface area contributed by atoms with Crippen molar-refractivity contribution in [3.05, 3.63) is 161 Å². The molecule has 0 radical (unpaired) electrons. The fourth-order valence-corrected chi connectivity index (χ4v) is 5.61. The Hall–Kier alpha value is -5.33. The van der Waals surface area contributed by atoms with Crippen LogP contribution in [0.2, 0.25) is 0 Å². The molecule has 0 bridgehead atoms. The first-order chi connectivity index (χ1) is 21.5. The summed E-state index contributed by atoms with van der Waals surface area (Å²) < 4.78 is 0.